The summed E-state index contributed by atoms with van der Waals surface area (Å²) in [6.07, 6.45) is 3.01. The monoisotopic (exact) mass is 636 g/mol. The van der Waals surface area contributed by atoms with E-state index < -0.39 is 0 Å². The van der Waals surface area contributed by atoms with Crippen molar-refractivity contribution in [1.29, 1.82) is 0 Å². The standard InChI is InChI=1S/C13H8IN3O3.C13H9N3O3/c14-9-4-1-3-8(7-9)11(18)15-13-17-16-12(20-13)10-5-2-6-19-10;17-11(9-5-2-1-3-6-9)14-13-16-15-12(19-13)10-7-4-8-18-10/h1-7H,(H,15,17,18);1-8H,(H,14,16,17). The molecule has 0 atom stereocenters. The van der Waals surface area contributed by atoms with E-state index in [9.17, 15) is 9.59 Å². The predicted molar refractivity (Wildman–Crippen MR) is 146 cm³/mol. The fraction of sp³-hybridized carbons (Fsp3) is 0. The van der Waals surface area contributed by atoms with Crippen LogP contribution in [0, 0.1) is 3.57 Å². The van der Waals surface area contributed by atoms with Gasteiger partial charge in [-0.15, -0.1) is 10.2 Å². The van der Waals surface area contributed by atoms with Crippen molar-refractivity contribution in [2.24, 2.45) is 0 Å². The Labute approximate surface area is 233 Å². The molecular formula is C26H17IN6O6. The Balaban J connectivity index is 0.000000158. The van der Waals surface area contributed by atoms with Gasteiger partial charge in [0.1, 0.15) is 0 Å². The molecule has 13 heteroatoms. The Hall–Kier alpha value is -5.05. The number of carbonyl (C=O) groups excluding carboxylic acids is 2. The number of benzene rings is 2. The molecule has 39 heavy (non-hydrogen) atoms. The van der Waals surface area contributed by atoms with Gasteiger partial charge in [-0.1, -0.05) is 34.5 Å². The highest BCUT2D eigenvalue weighted by Crippen LogP contribution is 2.21. The molecule has 0 bridgehead atoms. The van der Waals surface area contributed by atoms with Crippen molar-refractivity contribution < 1.29 is 27.3 Å². The van der Waals surface area contributed by atoms with E-state index in [-0.39, 0.29) is 35.6 Å². The number of rotatable bonds is 6. The second kappa shape index (κ2) is 12.0. The Morgan fingerprint density at radius 1 is 0.615 bits per heavy atom. The largest absolute Gasteiger partial charge is 0.459 e. The summed E-state index contributed by atoms with van der Waals surface area (Å²) in [6, 6.07) is 22.8. The summed E-state index contributed by atoms with van der Waals surface area (Å²) in [5.74, 6) is 0.717. The lowest BCUT2D eigenvalue weighted by Crippen LogP contribution is -2.12. The van der Waals surface area contributed by atoms with E-state index in [1.807, 2.05) is 12.1 Å². The molecule has 0 aliphatic carbocycles. The van der Waals surface area contributed by atoms with Crippen LogP contribution in [0.2, 0.25) is 0 Å². The number of aromatic nitrogens is 4. The van der Waals surface area contributed by atoms with Crippen molar-refractivity contribution >= 4 is 46.4 Å². The first-order chi connectivity index (χ1) is 19.0. The molecule has 0 radical (unpaired) electrons. The number of anilines is 2. The molecular weight excluding hydrogens is 619 g/mol. The van der Waals surface area contributed by atoms with Crippen LogP contribution in [0.15, 0.2) is 109 Å². The molecule has 2 N–H and O–H groups in total. The number of nitrogens with one attached hydrogen (secondary N) is 2. The molecule has 4 heterocycles. The maximum Gasteiger partial charge on any atom is 0.322 e. The SMILES string of the molecule is O=C(Nc1nnc(-c2ccco2)o1)c1cccc(I)c1.O=C(Nc1nnc(-c2ccco2)o1)c1ccccc1. The summed E-state index contributed by atoms with van der Waals surface area (Å²) in [5.41, 5.74) is 1.04. The third-order valence-corrected chi connectivity index (χ3v) is 5.55. The van der Waals surface area contributed by atoms with Crippen molar-refractivity contribution in [3.63, 3.8) is 0 Å². The normalized spacial score (nSPS) is 10.4. The van der Waals surface area contributed by atoms with E-state index in [0.717, 1.165) is 3.57 Å². The first-order valence-corrected chi connectivity index (χ1v) is 12.3. The van der Waals surface area contributed by atoms with Crippen LogP contribution in [0.3, 0.4) is 0 Å². The number of hydrogen-bond acceptors (Lipinski definition) is 10. The van der Waals surface area contributed by atoms with Crippen LogP contribution >= 0.6 is 22.6 Å². The molecule has 0 spiro atoms. The van der Waals surface area contributed by atoms with Crippen LogP contribution in [0.4, 0.5) is 12.0 Å². The van der Waals surface area contributed by atoms with Crippen LogP contribution in [0.1, 0.15) is 20.7 Å². The van der Waals surface area contributed by atoms with Crippen molar-refractivity contribution in [1.82, 2.24) is 20.4 Å². The third-order valence-electron chi connectivity index (χ3n) is 4.88. The number of hydrogen-bond donors (Lipinski definition) is 2. The lowest BCUT2D eigenvalue weighted by atomic mass is 10.2. The van der Waals surface area contributed by atoms with Gasteiger partial charge in [0, 0.05) is 14.7 Å². The minimum absolute atomic E-state index is 0.0280. The molecule has 0 aliphatic rings. The van der Waals surface area contributed by atoms with Gasteiger partial charge >= 0.3 is 12.0 Å². The molecule has 0 saturated carbocycles. The molecule has 0 fully saturated rings. The predicted octanol–water partition coefficient (Wildman–Crippen LogP) is 5.77. The summed E-state index contributed by atoms with van der Waals surface area (Å²) in [6.45, 7) is 0. The Bertz CT molecular complexity index is 1660. The summed E-state index contributed by atoms with van der Waals surface area (Å²) >= 11 is 2.14. The highest BCUT2D eigenvalue weighted by molar-refractivity contribution is 14.1. The number of amides is 2. The average Bonchev–Trinajstić information content (AvgIpc) is 3.77. The molecule has 2 aromatic carbocycles. The zero-order chi connectivity index (χ0) is 27.0. The Morgan fingerprint density at radius 3 is 1.67 bits per heavy atom. The minimum atomic E-state index is -0.310. The fourth-order valence-electron chi connectivity index (χ4n) is 3.10. The first-order valence-electron chi connectivity index (χ1n) is 11.2. The lowest BCUT2D eigenvalue weighted by Gasteiger charge is -2.00. The van der Waals surface area contributed by atoms with Crippen molar-refractivity contribution in [2.75, 3.05) is 10.6 Å². The average molecular weight is 636 g/mol. The summed E-state index contributed by atoms with van der Waals surface area (Å²) in [4.78, 5) is 23.8. The van der Waals surface area contributed by atoms with Crippen LogP contribution in [0.25, 0.3) is 23.3 Å². The van der Waals surface area contributed by atoms with Crippen LogP contribution in [-0.4, -0.2) is 32.2 Å². The zero-order valence-corrected chi connectivity index (χ0v) is 21.9. The number of nitrogens with zero attached hydrogens (tertiary/aromatic N) is 4. The third kappa shape index (κ3) is 6.64. The van der Waals surface area contributed by atoms with Crippen LogP contribution in [0.5, 0.6) is 0 Å². The van der Waals surface area contributed by atoms with Gasteiger partial charge in [0.2, 0.25) is 0 Å². The van der Waals surface area contributed by atoms with Gasteiger partial charge in [-0.2, -0.15) is 0 Å². The molecule has 2 amide bonds. The number of halogens is 1. The Kier molecular flexibility index (Phi) is 7.87. The van der Waals surface area contributed by atoms with Crippen LogP contribution < -0.4 is 10.6 Å². The van der Waals surface area contributed by atoms with E-state index in [1.54, 1.807) is 66.7 Å². The van der Waals surface area contributed by atoms with Crippen LogP contribution in [-0.2, 0) is 0 Å². The van der Waals surface area contributed by atoms with Crippen molar-refractivity contribution in [3.8, 4) is 23.3 Å². The van der Waals surface area contributed by atoms with E-state index in [2.05, 4.69) is 53.6 Å². The maximum absolute atomic E-state index is 12.0. The second-order valence-electron chi connectivity index (χ2n) is 7.56. The fourth-order valence-corrected chi connectivity index (χ4v) is 3.65. The van der Waals surface area contributed by atoms with Gasteiger partial charge in [0.25, 0.3) is 23.6 Å². The highest BCUT2D eigenvalue weighted by Gasteiger charge is 2.15. The molecule has 6 rings (SSSR count). The molecule has 194 valence electrons. The maximum atomic E-state index is 12.0. The van der Waals surface area contributed by atoms with Gasteiger partial charge < -0.3 is 17.7 Å². The van der Waals surface area contributed by atoms with Crippen molar-refractivity contribution in [3.05, 3.63) is 106 Å². The first kappa shape index (κ1) is 25.6. The van der Waals surface area contributed by atoms with Gasteiger partial charge in [0.05, 0.1) is 12.5 Å². The lowest BCUT2D eigenvalue weighted by molar-refractivity contribution is 0.101. The second-order valence-corrected chi connectivity index (χ2v) is 8.81. The topological polar surface area (TPSA) is 162 Å². The summed E-state index contributed by atoms with van der Waals surface area (Å²) < 4.78 is 21.8. The molecule has 0 unspecified atom stereocenters. The molecule has 4 aromatic heterocycles. The highest BCUT2D eigenvalue weighted by atomic mass is 127. The van der Waals surface area contributed by atoms with E-state index in [4.69, 9.17) is 17.7 Å². The van der Waals surface area contributed by atoms with Gasteiger partial charge in [-0.05, 0) is 77.2 Å². The smallest absolute Gasteiger partial charge is 0.322 e. The molecule has 6 aromatic rings. The number of carbonyl (C=O) groups is 2. The molecule has 0 aliphatic heterocycles. The van der Waals surface area contributed by atoms with E-state index >= 15 is 0 Å². The summed E-state index contributed by atoms with van der Waals surface area (Å²) in [7, 11) is 0. The Morgan fingerprint density at radius 2 is 1.15 bits per heavy atom. The van der Waals surface area contributed by atoms with E-state index in [0.29, 0.717) is 22.6 Å². The van der Waals surface area contributed by atoms with Gasteiger partial charge in [-0.25, -0.2) is 0 Å². The molecule has 0 saturated heterocycles. The number of furan rings is 2. The zero-order valence-electron chi connectivity index (χ0n) is 19.8. The van der Waals surface area contributed by atoms with Gasteiger partial charge in [0.15, 0.2) is 11.5 Å². The summed E-state index contributed by atoms with van der Waals surface area (Å²) in [5, 5.41) is 20.1. The van der Waals surface area contributed by atoms with Gasteiger partial charge in [-0.3, -0.25) is 20.2 Å². The van der Waals surface area contributed by atoms with Crippen molar-refractivity contribution in [2.45, 2.75) is 0 Å². The quantitative estimate of drug-likeness (QED) is 0.215. The minimum Gasteiger partial charge on any atom is -0.459 e. The van der Waals surface area contributed by atoms with E-state index in [1.165, 1.54) is 12.5 Å². The molecule has 12 nitrogen and oxygen atoms in total.